The molecular formula is C11H15N3O4. The number of hydrogen-bond donors (Lipinski definition) is 3. The summed E-state index contributed by atoms with van der Waals surface area (Å²) < 4.78 is 0. The van der Waals surface area contributed by atoms with Crippen LogP contribution in [-0.4, -0.2) is 47.2 Å². The molecule has 7 heteroatoms. The summed E-state index contributed by atoms with van der Waals surface area (Å²) in [5.74, 6) is 4.13. The first-order valence-electron chi connectivity index (χ1n) is 5.48. The number of rotatable bonds is 2. The Balaban J connectivity index is 2.62. The number of urea groups is 1. The molecule has 1 unspecified atom stereocenters. The highest BCUT2D eigenvalue weighted by Gasteiger charge is 2.32. The van der Waals surface area contributed by atoms with Gasteiger partial charge in [0.05, 0.1) is 6.54 Å². The lowest BCUT2D eigenvalue weighted by Crippen LogP contribution is -2.56. The minimum atomic E-state index is -1.17. The van der Waals surface area contributed by atoms with E-state index in [4.69, 9.17) is 5.11 Å². The van der Waals surface area contributed by atoms with Crippen molar-refractivity contribution in [2.45, 2.75) is 19.9 Å². The zero-order valence-electron chi connectivity index (χ0n) is 10.2. The maximum atomic E-state index is 11.5. The van der Waals surface area contributed by atoms with Crippen LogP contribution in [0.3, 0.4) is 0 Å². The minimum absolute atomic E-state index is 0.0282. The van der Waals surface area contributed by atoms with Crippen molar-refractivity contribution in [3.63, 3.8) is 0 Å². The quantitative estimate of drug-likeness (QED) is 0.595. The highest BCUT2D eigenvalue weighted by atomic mass is 16.4. The Morgan fingerprint density at radius 1 is 1.61 bits per heavy atom. The van der Waals surface area contributed by atoms with Gasteiger partial charge in [-0.1, -0.05) is 11.8 Å². The molecule has 0 aromatic rings. The predicted octanol–water partition coefficient (Wildman–Crippen LogP) is -0.166. The van der Waals surface area contributed by atoms with E-state index >= 15 is 0 Å². The molecule has 1 atom stereocenters. The maximum Gasteiger partial charge on any atom is 0.405 e. The molecule has 0 aliphatic carbocycles. The predicted molar refractivity (Wildman–Crippen MR) is 62.7 cm³/mol. The van der Waals surface area contributed by atoms with Crippen molar-refractivity contribution < 1.29 is 19.5 Å². The molecule has 1 fully saturated rings. The van der Waals surface area contributed by atoms with E-state index in [1.807, 2.05) is 13.8 Å². The maximum absolute atomic E-state index is 11.5. The van der Waals surface area contributed by atoms with Crippen LogP contribution in [0.1, 0.15) is 13.8 Å². The third-order valence-electron chi connectivity index (χ3n) is 2.41. The van der Waals surface area contributed by atoms with Gasteiger partial charge in [0, 0.05) is 12.6 Å². The first kappa shape index (κ1) is 13.8. The Bertz CT molecular complexity index is 422. The van der Waals surface area contributed by atoms with E-state index in [-0.39, 0.29) is 19.1 Å². The fraction of sp³-hybridized carbons (Fsp3) is 0.545. The molecular weight excluding hydrogens is 238 g/mol. The van der Waals surface area contributed by atoms with Crippen molar-refractivity contribution in [3.05, 3.63) is 0 Å². The van der Waals surface area contributed by atoms with Gasteiger partial charge >= 0.3 is 12.1 Å². The number of hydrogen-bond acceptors (Lipinski definition) is 3. The summed E-state index contributed by atoms with van der Waals surface area (Å²) in [6, 6.07) is -0.448. The molecule has 0 saturated carbocycles. The van der Waals surface area contributed by atoms with Crippen molar-refractivity contribution in [1.82, 2.24) is 15.5 Å². The summed E-state index contributed by atoms with van der Waals surface area (Å²) in [4.78, 5) is 34.7. The van der Waals surface area contributed by atoms with E-state index < -0.39 is 23.9 Å². The average molecular weight is 253 g/mol. The largest absolute Gasteiger partial charge is 0.465 e. The van der Waals surface area contributed by atoms with Gasteiger partial charge in [-0.25, -0.2) is 9.59 Å². The van der Waals surface area contributed by atoms with E-state index in [0.717, 1.165) is 0 Å². The lowest BCUT2D eigenvalue weighted by atomic mass is 10.1. The van der Waals surface area contributed by atoms with Gasteiger partial charge in [0.15, 0.2) is 0 Å². The molecule has 0 bridgehead atoms. The number of nitrogens with zero attached hydrogens (tertiary/aromatic N) is 1. The van der Waals surface area contributed by atoms with Gasteiger partial charge in [0.25, 0.3) is 0 Å². The topological polar surface area (TPSA) is 98.7 Å². The molecule has 1 aliphatic rings. The molecule has 0 aromatic heterocycles. The summed E-state index contributed by atoms with van der Waals surface area (Å²) in [5, 5.41) is 12.6. The lowest BCUT2D eigenvalue weighted by molar-refractivity contribution is -0.124. The molecule has 98 valence electrons. The van der Waals surface area contributed by atoms with Gasteiger partial charge in [0.1, 0.15) is 5.92 Å². The minimum Gasteiger partial charge on any atom is -0.465 e. The van der Waals surface area contributed by atoms with Crippen LogP contribution in [0.4, 0.5) is 9.59 Å². The van der Waals surface area contributed by atoms with E-state index in [9.17, 15) is 14.4 Å². The second kappa shape index (κ2) is 5.91. The first-order chi connectivity index (χ1) is 8.41. The summed E-state index contributed by atoms with van der Waals surface area (Å²) in [6.07, 6.45) is -1.17. The fourth-order valence-electron chi connectivity index (χ4n) is 1.48. The molecule has 7 nitrogen and oxygen atoms in total. The number of imide groups is 1. The molecule has 1 rings (SSSR count). The molecule has 0 radical (unpaired) electrons. The highest BCUT2D eigenvalue weighted by Crippen LogP contribution is 2.10. The molecule has 0 aromatic carbocycles. The molecule has 0 spiro atoms. The first-order valence-corrected chi connectivity index (χ1v) is 5.48. The van der Waals surface area contributed by atoms with Crippen LogP contribution in [0.15, 0.2) is 0 Å². The van der Waals surface area contributed by atoms with Crippen molar-refractivity contribution in [3.8, 4) is 11.8 Å². The Labute approximate surface area is 105 Å². The molecule has 18 heavy (non-hydrogen) atoms. The Morgan fingerprint density at radius 3 is 2.83 bits per heavy atom. The summed E-state index contributed by atoms with van der Waals surface area (Å²) >= 11 is 0. The Kier molecular flexibility index (Phi) is 4.54. The second-order valence-electron chi connectivity index (χ2n) is 4.07. The molecule has 1 aliphatic heterocycles. The van der Waals surface area contributed by atoms with Crippen LogP contribution in [0.5, 0.6) is 0 Å². The van der Waals surface area contributed by atoms with E-state index in [1.54, 1.807) is 0 Å². The number of carboxylic acid groups (broad SMARTS) is 1. The number of carbonyl (C=O) groups excluding carboxylic acids is 2. The van der Waals surface area contributed by atoms with E-state index in [2.05, 4.69) is 22.5 Å². The van der Waals surface area contributed by atoms with Gasteiger partial charge < -0.3 is 15.3 Å². The Morgan fingerprint density at radius 2 is 2.28 bits per heavy atom. The molecule has 4 amide bonds. The number of amides is 4. The van der Waals surface area contributed by atoms with Crippen molar-refractivity contribution in [2.75, 3.05) is 13.1 Å². The smallest absolute Gasteiger partial charge is 0.405 e. The van der Waals surface area contributed by atoms with E-state index in [0.29, 0.717) is 0 Å². The van der Waals surface area contributed by atoms with Gasteiger partial charge in [-0.3, -0.25) is 10.1 Å². The van der Waals surface area contributed by atoms with Crippen LogP contribution < -0.4 is 10.6 Å². The molecule has 1 heterocycles. The summed E-state index contributed by atoms with van der Waals surface area (Å²) in [7, 11) is 0. The van der Waals surface area contributed by atoms with E-state index in [1.165, 1.54) is 4.90 Å². The SMILES string of the molecule is CC(C)N1CC(C#CCNC(=O)O)C(=O)NC1=O. The van der Waals surface area contributed by atoms with Gasteiger partial charge in [-0.15, -0.1) is 0 Å². The monoisotopic (exact) mass is 253 g/mol. The normalized spacial score (nSPS) is 19.1. The molecule has 1 saturated heterocycles. The number of nitrogens with one attached hydrogen (secondary N) is 2. The fourth-order valence-corrected chi connectivity index (χ4v) is 1.48. The van der Waals surface area contributed by atoms with Crippen LogP contribution >= 0.6 is 0 Å². The average Bonchev–Trinajstić information content (AvgIpc) is 2.25. The third kappa shape index (κ3) is 3.66. The standard InChI is InChI=1S/C11H15N3O4/c1-7(2)14-6-8(9(15)13-10(14)16)4-3-5-12-11(17)18/h7-8,12H,5-6H2,1-2H3,(H,17,18)(H,13,15,16). The molecule has 3 N–H and O–H groups in total. The summed E-state index contributed by atoms with van der Waals surface area (Å²) in [6.45, 7) is 3.86. The lowest BCUT2D eigenvalue weighted by Gasteiger charge is -2.32. The Hall–Kier alpha value is -2.23. The van der Waals surface area contributed by atoms with Crippen LogP contribution in [0.25, 0.3) is 0 Å². The second-order valence-corrected chi connectivity index (χ2v) is 4.07. The van der Waals surface area contributed by atoms with Gasteiger partial charge in [-0.05, 0) is 13.8 Å². The van der Waals surface area contributed by atoms with Crippen molar-refractivity contribution >= 4 is 18.0 Å². The van der Waals surface area contributed by atoms with Crippen LogP contribution in [0, 0.1) is 17.8 Å². The third-order valence-corrected chi connectivity index (χ3v) is 2.41. The summed E-state index contributed by atoms with van der Waals surface area (Å²) in [5.41, 5.74) is 0. The van der Waals surface area contributed by atoms with Crippen LogP contribution in [0.2, 0.25) is 0 Å². The van der Waals surface area contributed by atoms with Crippen molar-refractivity contribution in [1.29, 1.82) is 0 Å². The number of carbonyl (C=O) groups is 3. The van der Waals surface area contributed by atoms with Gasteiger partial charge in [0.2, 0.25) is 5.91 Å². The zero-order valence-corrected chi connectivity index (χ0v) is 10.2. The highest BCUT2D eigenvalue weighted by molar-refractivity contribution is 5.99. The van der Waals surface area contributed by atoms with Gasteiger partial charge in [-0.2, -0.15) is 0 Å². The van der Waals surface area contributed by atoms with Crippen molar-refractivity contribution in [2.24, 2.45) is 5.92 Å². The zero-order chi connectivity index (χ0) is 13.7. The van der Waals surface area contributed by atoms with Crippen LogP contribution in [-0.2, 0) is 4.79 Å².